The lowest BCUT2D eigenvalue weighted by atomic mass is 10.0. The molecule has 1 heteroatoms. The molecule has 0 aromatic carbocycles. The molecule has 0 atom stereocenters. The van der Waals surface area contributed by atoms with Gasteiger partial charge in [0.25, 0.3) is 0 Å². The van der Waals surface area contributed by atoms with Crippen molar-refractivity contribution in [1.82, 2.24) is 0 Å². The van der Waals surface area contributed by atoms with Crippen LogP contribution in [-0.2, 0) is 4.79 Å². The molecule has 2 aliphatic rings. The number of rotatable bonds is 4. The molecule has 0 bridgehead atoms. The molecule has 0 spiro atoms. The fourth-order valence-electron chi connectivity index (χ4n) is 2.64. The highest BCUT2D eigenvalue weighted by Gasteiger charge is 2.14. The molecule has 21 heavy (non-hydrogen) atoms. The molecule has 0 N–H and O–H groups in total. The molecule has 0 unspecified atom stereocenters. The molecular weight excluding hydrogens is 256 g/mol. The average Bonchev–Trinajstić information content (AvgIpc) is 2.63. The second kappa shape index (κ2) is 6.53. The van der Waals surface area contributed by atoms with Crippen molar-refractivity contribution < 1.29 is 4.79 Å². The SMILES string of the molecule is Cc1cc(/C=C/C=C/C=O)c2c(C)ccc(C(C)C)cc1-2. The van der Waals surface area contributed by atoms with Gasteiger partial charge >= 0.3 is 0 Å². The third-order valence-electron chi connectivity index (χ3n) is 3.83. The van der Waals surface area contributed by atoms with Gasteiger partial charge in [-0.2, -0.15) is 0 Å². The maximum atomic E-state index is 10.3. The quantitative estimate of drug-likeness (QED) is 0.421. The van der Waals surface area contributed by atoms with E-state index in [1.807, 2.05) is 6.08 Å². The van der Waals surface area contributed by atoms with Crippen molar-refractivity contribution in [2.24, 2.45) is 0 Å². The van der Waals surface area contributed by atoms with E-state index in [0.717, 1.165) is 6.29 Å². The van der Waals surface area contributed by atoms with Gasteiger partial charge < -0.3 is 0 Å². The first-order valence-electron chi connectivity index (χ1n) is 7.37. The lowest BCUT2D eigenvalue weighted by molar-refractivity contribution is -0.104. The molecule has 2 aliphatic carbocycles. The van der Waals surface area contributed by atoms with Gasteiger partial charge in [-0.3, -0.25) is 4.79 Å². The third-order valence-corrected chi connectivity index (χ3v) is 3.83. The summed E-state index contributed by atoms with van der Waals surface area (Å²) in [7, 11) is 0. The number of aryl methyl sites for hydroxylation is 2. The number of allylic oxidation sites excluding steroid dienone is 3. The second-order valence-corrected chi connectivity index (χ2v) is 5.77. The maximum Gasteiger partial charge on any atom is 0.142 e. The van der Waals surface area contributed by atoms with E-state index in [4.69, 9.17) is 0 Å². The fraction of sp³-hybridized carbons (Fsp3) is 0.250. The Balaban J connectivity index is 2.56. The van der Waals surface area contributed by atoms with Crippen molar-refractivity contribution in [2.75, 3.05) is 0 Å². The minimum atomic E-state index is 0.517. The van der Waals surface area contributed by atoms with E-state index in [2.05, 4.69) is 58.0 Å². The molecule has 0 aromatic rings. The first kappa shape index (κ1) is 15.2. The van der Waals surface area contributed by atoms with E-state index in [0.29, 0.717) is 5.92 Å². The minimum absolute atomic E-state index is 0.517. The molecule has 0 radical (unpaired) electrons. The number of fused-ring (bicyclic) bond motifs is 1. The predicted molar refractivity (Wildman–Crippen MR) is 90.9 cm³/mol. The standard InChI is InChI=1S/C20H22O/c1-14(2)17-10-9-15(3)20-18(8-6-5-7-11-21)12-16(4)19(20)13-17/h5-14H,1-4H3/b7-5+,8-6+. The topological polar surface area (TPSA) is 17.1 Å². The predicted octanol–water partition coefficient (Wildman–Crippen LogP) is 5.30. The van der Waals surface area contributed by atoms with Crippen LogP contribution in [0, 0.1) is 13.8 Å². The Hall–Kier alpha value is -2.15. The van der Waals surface area contributed by atoms with Crippen LogP contribution in [0.4, 0.5) is 0 Å². The van der Waals surface area contributed by atoms with Crippen LogP contribution in [0.15, 0.2) is 42.5 Å². The molecule has 0 saturated carbocycles. The summed E-state index contributed by atoms with van der Waals surface area (Å²) in [5, 5.41) is 0. The van der Waals surface area contributed by atoms with E-state index >= 15 is 0 Å². The summed E-state index contributed by atoms with van der Waals surface area (Å²) in [5.41, 5.74) is 7.77. The molecule has 0 saturated heterocycles. The van der Waals surface area contributed by atoms with Gasteiger partial charge in [0, 0.05) is 0 Å². The molecule has 0 fully saturated rings. The monoisotopic (exact) mass is 278 g/mol. The summed E-state index contributed by atoms with van der Waals surface area (Å²) < 4.78 is 0. The van der Waals surface area contributed by atoms with E-state index in [-0.39, 0.29) is 0 Å². The van der Waals surface area contributed by atoms with Gasteiger partial charge in [-0.25, -0.2) is 0 Å². The Morgan fingerprint density at radius 2 is 1.71 bits per heavy atom. The van der Waals surface area contributed by atoms with Crippen LogP contribution < -0.4 is 0 Å². The van der Waals surface area contributed by atoms with Gasteiger partial charge in [-0.1, -0.05) is 56.3 Å². The van der Waals surface area contributed by atoms with Gasteiger partial charge in [0.05, 0.1) is 0 Å². The molecule has 1 nitrogen and oxygen atoms in total. The number of hydrogen-bond acceptors (Lipinski definition) is 1. The zero-order valence-electron chi connectivity index (χ0n) is 13.2. The van der Waals surface area contributed by atoms with E-state index < -0.39 is 0 Å². The highest BCUT2D eigenvalue weighted by molar-refractivity contribution is 5.84. The van der Waals surface area contributed by atoms with Crippen molar-refractivity contribution in [2.45, 2.75) is 33.6 Å². The number of carbonyl (C=O) groups excluding carboxylic acids is 1. The van der Waals surface area contributed by atoms with Crippen molar-refractivity contribution in [3.05, 3.63) is 64.7 Å². The Labute approximate surface area is 127 Å². The Morgan fingerprint density at radius 3 is 2.38 bits per heavy atom. The molecule has 108 valence electrons. The Bertz CT molecular complexity index is 675. The minimum Gasteiger partial charge on any atom is -0.299 e. The van der Waals surface area contributed by atoms with Crippen molar-refractivity contribution in [3.63, 3.8) is 0 Å². The molecule has 0 aliphatic heterocycles. The van der Waals surface area contributed by atoms with Gasteiger partial charge in [0.2, 0.25) is 0 Å². The van der Waals surface area contributed by atoms with E-state index in [1.54, 1.807) is 6.08 Å². The first-order valence-corrected chi connectivity index (χ1v) is 7.37. The normalized spacial score (nSPS) is 12.0. The summed E-state index contributed by atoms with van der Waals surface area (Å²) in [4.78, 5) is 10.3. The lowest BCUT2D eigenvalue weighted by Gasteiger charge is -2.04. The van der Waals surface area contributed by atoms with E-state index in [9.17, 15) is 4.79 Å². The summed E-state index contributed by atoms with van der Waals surface area (Å²) >= 11 is 0. The summed E-state index contributed by atoms with van der Waals surface area (Å²) in [6.45, 7) is 8.76. The van der Waals surface area contributed by atoms with Gasteiger partial charge in [0.1, 0.15) is 6.29 Å². The number of aldehydes is 1. The van der Waals surface area contributed by atoms with Gasteiger partial charge in [-0.05, 0) is 59.2 Å². The van der Waals surface area contributed by atoms with Crippen LogP contribution >= 0.6 is 0 Å². The highest BCUT2D eigenvalue weighted by Crippen LogP contribution is 2.36. The first-order chi connectivity index (χ1) is 10.0. The lowest BCUT2D eigenvalue weighted by Crippen LogP contribution is -1.84. The van der Waals surface area contributed by atoms with Crippen LogP contribution in [0.2, 0.25) is 0 Å². The van der Waals surface area contributed by atoms with Crippen molar-refractivity contribution in [1.29, 1.82) is 0 Å². The third kappa shape index (κ3) is 3.30. The molecular formula is C20H22O. The average molecular weight is 278 g/mol. The molecule has 2 rings (SSSR count). The number of carbonyl (C=O) groups is 1. The zero-order chi connectivity index (χ0) is 15.4. The summed E-state index contributed by atoms with van der Waals surface area (Å²) in [6.07, 6.45) is 8.03. The number of hydrogen-bond donors (Lipinski definition) is 0. The smallest absolute Gasteiger partial charge is 0.142 e. The zero-order valence-corrected chi connectivity index (χ0v) is 13.2. The Kier molecular flexibility index (Phi) is 4.74. The van der Waals surface area contributed by atoms with Gasteiger partial charge in [-0.15, -0.1) is 0 Å². The van der Waals surface area contributed by atoms with E-state index in [1.165, 1.54) is 39.5 Å². The molecule has 0 aromatic heterocycles. The second-order valence-electron chi connectivity index (χ2n) is 5.77. The van der Waals surface area contributed by atoms with Crippen molar-refractivity contribution in [3.8, 4) is 11.1 Å². The summed E-state index contributed by atoms with van der Waals surface area (Å²) in [6, 6.07) is 8.95. The highest BCUT2D eigenvalue weighted by atomic mass is 16.1. The molecule has 0 heterocycles. The maximum absolute atomic E-state index is 10.3. The van der Waals surface area contributed by atoms with Crippen LogP contribution in [0.3, 0.4) is 0 Å². The van der Waals surface area contributed by atoms with Crippen LogP contribution in [0.1, 0.15) is 42.0 Å². The van der Waals surface area contributed by atoms with Crippen molar-refractivity contribution >= 4 is 12.4 Å². The largest absolute Gasteiger partial charge is 0.299 e. The Morgan fingerprint density at radius 1 is 0.952 bits per heavy atom. The van der Waals surface area contributed by atoms with Crippen LogP contribution in [-0.4, -0.2) is 6.29 Å². The molecule has 0 amide bonds. The van der Waals surface area contributed by atoms with Gasteiger partial charge in [0.15, 0.2) is 0 Å². The van der Waals surface area contributed by atoms with Crippen LogP contribution in [0.25, 0.3) is 17.2 Å². The fourth-order valence-corrected chi connectivity index (χ4v) is 2.64. The van der Waals surface area contributed by atoms with Crippen LogP contribution in [0.5, 0.6) is 0 Å². The summed E-state index contributed by atoms with van der Waals surface area (Å²) in [5.74, 6) is 0.517.